The molecule has 0 saturated carbocycles. The molecule has 0 saturated heterocycles. The molecule has 0 bridgehead atoms. The second kappa shape index (κ2) is 4.80. The Kier molecular flexibility index (Phi) is 3.20. The van der Waals surface area contributed by atoms with Gasteiger partial charge in [0.25, 0.3) is 0 Å². The van der Waals surface area contributed by atoms with Gasteiger partial charge < -0.3 is 9.84 Å². The van der Waals surface area contributed by atoms with Gasteiger partial charge in [-0.2, -0.15) is 0 Å². The molecule has 2 aromatic heterocycles. The minimum atomic E-state index is -1.09. The lowest BCUT2D eigenvalue weighted by Crippen LogP contribution is -1.98. The molecule has 0 fully saturated rings. The molecule has 0 amide bonds. The van der Waals surface area contributed by atoms with Crippen molar-refractivity contribution in [1.29, 1.82) is 0 Å². The summed E-state index contributed by atoms with van der Waals surface area (Å²) in [5.41, 5.74) is 0.0175. The van der Waals surface area contributed by atoms with Crippen molar-refractivity contribution in [2.75, 3.05) is 0 Å². The van der Waals surface area contributed by atoms with E-state index >= 15 is 0 Å². The minimum Gasteiger partial charge on any atom is -0.478 e. The molecule has 0 atom stereocenters. The van der Waals surface area contributed by atoms with Crippen molar-refractivity contribution < 1.29 is 14.6 Å². The first-order valence-electron chi connectivity index (χ1n) is 4.64. The van der Waals surface area contributed by atoms with Gasteiger partial charge in [0.1, 0.15) is 10.9 Å². The van der Waals surface area contributed by atoms with Gasteiger partial charge in [-0.05, 0) is 18.2 Å². The second-order valence-electron chi connectivity index (χ2n) is 3.11. The molecule has 0 spiro atoms. The zero-order chi connectivity index (χ0) is 12.3. The number of carboxylic acids is 1. The van der Waals surface area contributed by atoms with Gasteiger partial charge in [-0.25, -0.2) is 9.78 Å². The van der Waals surface area contributed by atoms with Crippen molar-refractivity contribution in [2.45, 2.75) is 0 Å². The van der Waals surface area contributed by atoms with Crippen molar-refractivity contribution in [3.8, 4) is 11.6 Å². The number of carbonyl (C=O) groups is 1. The zero-order valence-corrected chi connectivity index (χ0v) is 9.26. The van der Waals surface area contributed by atoms with Gasteiger partial charge in [0, 0.05) is 12.3 Å². The van der Waals surface area contributed by atoms with E-state index in [2.05, 4.69) is 9.97 Å². The fourth-order valence-corrected chi connectivity index (χ4v) is 1.38. The van der Waals surface area contributed by atoms with Crippen molar-refractivity contribution >= 4 is 17.6 Å². The Morgan fingerprint density at radius 3 is 2.88 bits per heavy atom. The minimum absolute atomic E-state index is 0.0175. The molecule has 0 aliphatic carbocycles. The molecule has 0 radical (unpaired) electrons. The summed E-state index contributed by atoms with van der Waals surface area (Å²) in [6.45, 7) is 0. The van der Waals surface area contributed by atoms with E-state index in [9.17, 15) is 4.79 Å². The number of aromatic nitrogens is 2. The topological polar surface area (TPSA) is 72.3 Å². The third-order valence-electron chi connectivity index (χ3n) is 1.87. The van der Waals surface area contributed by atoms with Crippen LogP contribution >= 0.6 is 11.6 Å². The normalized spacial score (nSPS) is 9.94. The van der Waals surface area contributed by atoms with E-state index in [1.807, 2.05) is 0 Å². The lowest BCUT2D eigenvalue weighted by Gasteiger charge is -2.05. The Morgan fingerprint density at radius 2 is 2.24 bits per heavy atom. The van der Waals surface area contributed by atoms with Crippen LogP contribution in [0.4, 0.5) is 0 Å². The summed E-state index contributed by atoms with van der Waals surface area (Å²) in [5, 5.41) is 8.90. The van der Waals surface area contributed by atoms with Crippen LogP contribution in [0.1, 0.15) is 10.4 Å². The molecular weight excluding hydrogens is 244 g/mol. The standard InChI is InChI=1S/C11H7ClN2O3/c12-9-4-7(11(15)16)5-10(14-9)17-8-2-1-3-13-6-8/h1-6H,(H,15,16). The Hall–Kier alpha value is -2.14. The maximum absolute atomic E-state index is 10.8. The van der Waals surface area contributed by atoms with Crippen LogP contribution in [0.3, 0.4) is 0 Å². The van der Waals surface area contributed by atoms with Crippen molar-refractivity contribution in [2.24, 2.45) is 0 Å². The van der Waals surface area contributed by atoms with E-state index < -0.39 is 5.97 Å². The second-order valence-corrected chi connectivity index (χ2v) is 3.50. The zero-order valence-electron chi connectivity index (χ0n) is 8.50. The van der Waals surface area contributed by atoms with Gasteiger partial charge in [0.15, 0.2) is 0 Å². The molecule has 1 N–H and O–H groups in total. The third-order valence-corrected chi connectivity index (χ3v) is 2.07. The molecule has 0 aliphatic rings. The van der Waals surface area contributed by atoms with Crippen LogP contribution < -0.4 is 4.74 Å². The first-order valence-corrected chi connectivity index (χ1v) is 5.02. The number of pyridine rings is 2. The van der Waals surface area contributed by atoms with Crippen LogP contribution in [0, 0.1) is 0 Å². The van der Waals surface area contributed by atoms with E-state index in [-0.39, 0.29) is 16.6 Å². The fourth-order valence-electron chi connectivity index (χ4n) is 1.18. The molecule has 2 heterocycles. The predicted octanol–water partition coefficient (Wildman–Crippen LogP) is 2.62. The molecule has 2 aromatic rings. The van der Waals surface area contributed by atoms with Gasteiger partial charge in [-0.1, -0.05) is 11.6 Å². The predicted molar refractivity (Wildman–Crippen MR) is 60.5 cm³/mol. The van der Waals surface area contributed by atoms with Crippen molar-refractivity contribution in [3.05, 3.63) is 47.4 Å². The number of hydrogen-bond acceptors (Lipinski definition) is 4. The van der Waals surface area contributed by atoms with Gasteiger partial charge in [-0.3, -0.25) is 4.98 Å². The highest BCUT2D eigenvalue weighted by Gasteiger charge is 2.08. The summed E-state index contributed by atoms with van der Waals surface area (Å²) in [4.78, 5) is 18.5. The maximum Gasteiger partial charge on any atom is 0.335 e. The fraction of sp³-hybridized carbons (Fsp3) is 0. The van der Waals surface area contributed by atoms with E-state index in [1.165, 1.54) is 18.3 Å². The monoisotopic (exact) mass is 250 g/mol. The third kappa shape index (κ3) is 2.92. The molecule has 0 unspecified atom stereocenters. The number of nitrogens with zero attached hydrogens (tertiary/aromatic N) is 2. The summed E-state index contributed by atoms with van der Waals surface area (Å²) in [6, 6.07) is 5.91. The lowest BCUT2D eigenvalue weighted by molar-refractivity contribution is 0.0696. The summed E-state index contributed by atoms with van der Waals surface area (Å²) in [7, 11) is 0. The number of halogens is 1. The molecule has 5 nitrogen and oxygen atoms in total. The molecule has 2 rings (SSSR count). The number of ether oxygens (including phenoxy) is 1. The van der Waals surface area contributed by atoms with Crippen molar-refractivity contribution in [1.82, 2.24) is 9.97 Å². The molecular formula is C11H7ClN2O3. The van der Waals surface area contributed by atoms with Crippen LogP contribution in [0.25, 0.3) is 0 Å². The summed E-state index contributed by atoms with van der Waals surface area (Å²) >= 11 is 5.69. The number of rotatable bonds is 3. The summed E-state index contributed by atoms with van der Waals surface area (Å²) < 4.78 is 5.33. The Balaban J connectivity index is 2.30. The highest BCUT2D eigenvalue weighted by Crippen LogP contribution is 2.21. The molecule has 0 aromatic carbocycles. The van der Waals surface area contributed by atoms with E-state index in [4.69, 9.17) is 21.4 Å². The lowest BCUT2D eigenvalue weighted by atomic mass is 10.3. The Morgan fingerprint density at radius 1 is 1.41 bits per heavy atom. The first-order chi connectivity index (χ1) is 8.15. The van der Waals surface area contributed by atoms with Crippen LogP contribution in [0.5, 0.6) is 11.6 Å². The van der Waals surface area contributed by atoms with Gasteiger partial charge in [-0.15, -0.1) is 0 Å². The van der Waals surface area contributed by atoms with Crippen LogP contribution in [0.15, 0.2) is 36.7 Å². The highest BCUT2D eigenvalue weighted by atomic mass is 35.5. The Labute approximate surface area is 102 Å². The maximum atomic E-state index is 10.8. The average molecular weight is 251 g/mol. The van der Waals surface area contributed by atoms with Gasteiger partial charge >= 0.3 is 5.97 Å². The quantitative estimate of drug-likeness (QED) is 0.848. The van der Waals surface area contributed by atoms with Crippen LogP contribution in [-0.4, -0.2) is 21.0 Å². The first kappa shape index (κ1) is 11.3. The SMILES string of the molecule is O=C(O)c1cc(Cl)nc(Oc2cccnc2)c1. The number of carboxylic acid groups (broad SMARTS) is 1. The number of aromatic carboxylic acids is 1. The van der Waals surface area contributed by atoms with Gasteiger partial charge in [0.2, 0.25) is 5.88 Å². The van der Waals surface area contributed by atoms with Crippen molar-refractivity contribution in [3.63, 3.8) is 0 Å². The Bertz CT molecular complexity index is 546. The van der Waals surface area contributed by atoms with Gasteiger partial charge in [0.05, 0.1) is 11.8 Å². The number of hydrogen-bond donors (Lipinski definition) is 1. The van der Waals surface area contributed by atoms with Crippen LogP contribution in [-0.2, 0) is 0 Å². The van der Waals surface area contributed by atoms with Crippen LogP contribution in [0.2, 0.25) is 5.15 Å². The summed E-state index contributed by atoms with van der Waals surface area (Å²) in [5.74, 6) is -0.521. The van der Waals surface area contributed by atoms with E-state index in [0.29, 0.717) is 5.75 Å². The summed E-state index contributed by atoms with van der Waals surface area (Å²) in [6.07, 6.45) is 3.09. The molecule has 17 heavy (non-hydrogen) atoms. The van der Waals surface area contributed by atoms with E-state index in [0.717, 1.165) is 0 Å². The highest BCUT2D eigenvalue weighted by molar-refractivity contribution is 6.29. The molecule has 0 aliphatic heterocycles. The smallest absolute Gasteiger partial charge is 0.335 e. The average Bonchev–Trinajstić information content (AvgIpc) is 2.29. The largest absolute Gasteiger partial charge is 0.478 e. The molecule has 6 heteroatoms. The molecule has 86 valence electrons. The van der Waals surface area contributed by atoms with E-state index in [1.54, 1.807) is 18.3 Å².